The van der Waals surface area contributed by atoms with Gasteiger partial charge < -0.3 is 19.3 Å². The Morgan fingerprint density at radius 3 is 2.67 bits per heavy atom. The number of hydrogen-bond acceptors (Lipinski definition) is 5. The highest BCUT2D eigenvalue weighted by Gasteiger charge is 2.43. The lowest BCUT2D eigenvalue weighted by atomic mass is 10.0. The van der Waals surface area contributed by atoms with Crippen LogP contribution in [0.2, 0.25) is 0 Å². The summed E-state index contributed by atoms with van der Waals surface area (Å²) in [6.07, 6.45) is 4.99. The van der Waals surface area contributed by atoms with E-state index in [4.69, 9.17) is 9.47 Å². The van der Waals surface area contributed by atoms with Gasteiger partial charge in [-0.2, -0.15) is 0 Å². The standard InChI is InChI=1S/C17H21N3O4/c21-15-10-13(12-20(15)14-2-1-5-18-11-14)16(22)19-6-3-17(4-7-19)23-8-9-24-17/h1-2,5,11,13H,3-4,6-10,12H2. The maximum Gasteiger partial charge on any atom is 0.228 e. The van der Waals surface area contributed by atoms with Crippen molar-refractivity contribution in [2.75, 3.05) is 37.7 Å². The molecule has 0 radical (unpaired) electrons. The predicted molar refractivity (Wildman–Crippen MR) is 85.1 cm³/mol. The van der Waals surface area contributed by atoms with Gasteiger partial charge in [-0.25, -0.2) is 0 Å². The van der Waals surface area contributed by atoms with Crippen LogP contribution >= 0.6 is 0 Å². The molecule has 2 amide bonds. The SMILES string of the molecule is O=C(C1CC(=O)N(c2cccnc2)C1)N1CCC2(CC1)OCCO2. The molecule has 1 unspecified atom stereocenters. The summed E-state index contributed by atoms with van der Waals surface area (Å²) >= 11 is 0. The number of anilines is 1. The molecule has 4 heterocycles. The van der Waals surface area contributed by atoms with Crippen LogP contribution < -0.4 is 4.90 Å². The smallest absolute Gasteiger partial charge is 0.228 e. The van der Waals surface area contributed by atoms with Crippen molar-refractivity contribution in [1.82, 2.24) is 9.88 Å². The van der Waals surface area contributed by atoms with E-state index in [1.807, 2.05) is 11.0 Å². The summed E-state index contributed by atoms with van der Waals surface area (Å²) in [6, 6.07) is 3.64. The number of piperidine rings is 1. The van der Waals surface area contributed by atoms with Crippen LogP contribution in [0.1, 0.15) is 19.3 Å². The third-order valence-electron chi connectivity index (χ3n) is 5.08. The van der Waals surface area contributed by atoms with Crippen molar-refractivity contribution in [1.29, 1.82) is 0 Å². The van der Waals surface area contributed by atoms with Gasteiger partial charge in [-0.1, -0.05) is 0 Å². The van der Waals surface area contributed by atoms with E-state index in [-0.39, 0.29) is 24.2 Å². The van der Waals surface area contributed by atoms with Gasteiger partial charge in [-0.15, -0.1) is 0 Å². The average molecular weight is 331 g/mol. The van der Waals surface area contributed by atoms with E-state index in [0.29, 0.717) is 45.7 Å². The highest BCUT2D eigenvalue weighted by atomic mass is 16.7. The number of nitrogens with zero attached hydrogens (tertiary/aromatic N) is 3. The number of carbonyl (C=O) groups excluding carboxylic acids is 2. The topological polar surface area (TPSA) is 72.0 Å². The molecular weight excluding hydrogens is 310 g/mol. The molecule has 3 saturated heterocycles. The number of pyridine rings is 1. The van der Waals surface area contributed by atoms with Crippen molar-refractivity contribution in [2.24, 2.45) is 5.92 Å². The first-order valence-corrected chi connectivity index (χ1v) is 8.44. The minimum Gasteiger partial charge on any atom is -0.347 e. The third-order valence-corrected chi connectivity index (χ3v) is 5.08. The van der Waals surface area contributed by atoms with E-state index >= 15 is 0 Å². The highest BCUT2D eigenvalue weighted by molar-refractivity contribution is 6.00. The van der Waals surface area contributed by atoms with E-state index in [1.54, 1.807) is 23.4 Å². The number of aromatic nitrogens is 1. The Kier molecular flexibility index (Phi) is 3.97. The van der Waals surface area contributed by atoms with E-state index in [0.717, 1.165) is 5.69 Å². The van der Waals surface area contributed by atoms with Crippen molar-refractivity contribution in [3.63, 3.8) is 0 Å². The van der Waals surface area contributed by atoms with Gasteiger partial charge in [-0.3, -0.25) is 14.6 Å². The number of hydrogen-bond donors (Lipinski definition) is 0. The molecule has 1 aromatic heterocycles. The zero-order chi connectivity index (χ0) is 16.6. The monoisotopic (exact) mass is 331 g/mol. The van der Waals surface area contributed by atoms with Crippen LogP contribution in [0, 0.1) is 5.92 Å². The Morgan fingerprint density at radius 2 is 2.00 bits per heavy atom. The van der Waals surface area contributed by atoms with Gasteiger partial charge in [0.05, 0.1) is 31.0 Å². The Morgan fingerprint density at radius 1 is 1.25 bits per heavy atom. The molecule has 3 aliphatic heterocycles. The number of ether oxygens (including phenoxy) is 2. The van der Waals surface area contributed by atoms with Gasteiger partial charge in [0, 0.05) is 45.1 Å². The van der Waals surface area contributed by atoms with Gasteiger partial charge in [-0.05, 0) is 12.1 Å². The normalized spacial score (nSPS) is 26.3. The van der Waals surface area contributed by atoms with Crippen molar-refractivity contribution in [3.05, 3.63) is 24.5 Å². The maximum atomic E-state index is 12.8. The molecule has 7 heteroatoms. The van der Waals surface area contributed by atoms with Gasteiger partial charge in [0.15, 0.2) is 5.79 Å². The molecule has 1 spiro atoms. The van der Waals surface area contributed by atoms with Crippen LogP contribution in [0.4, 0.5) is 5.69 Å². The first kappa shape index (κ1) is 15.5. The number of carbonyl (C=O) groups is 2. The molecule has 0 N–H and O–H groups in total. The Balaban J connectivity index is 1.38. The van der Waals surface area contributed by atoms with Crippen LogP contribution in [-0.4, -0.2) is 60.3 Å². The predicted octanol–water partition coefficient (Wildman–Crippen LogP) is 0.800. The summed E-state index contributed by atoms with van der Waals surface area (Å²) in [5.74, 6) is -0.721. The molecule has 1 aromatic rings. The fraction of sp³-hybridized carbons (Fsp3) is 0.588. The van der Waals surface area contributed by atoms with E-state index in [9.17, 15) is 9.59 Å². The van der Waals surface area contributed by atoms with Crippen molar-refractivity contribution < 1.29 is 19.1 Å². The molecule has 128 valence electrons. The van der Waals surface area contributed by atoms with E-state index in [1.165, 1.54) is 0 Å². The number of likely N-dealkylation sites (tertiary alicyclic amines) is 1. The quantitative estimate of drug-likeness (QED) is 0.801. The minimum absolute atomic E-state index is 0.0164. The summed E-state index contributed by atoms with van der Waals surface area (Å²) < 4.78 is 11.4. The van der Waals surface area contributed by atoms with Gasteiger partial charge in [0.2, 0.25) is 11.8 Å². The van der Waals surface area contributed by atoms with Crippen LogP contribution in [-0.2, 0) is 19.1 Å². The summed E-state index contributed by atoms with van der Waals surface area (Å²) in [4.78, 5) is 32.6. The van der Waals surface area contributed by atoms with Gasteiger partial charge in [0.1, 0.15) is 0 Å². The second-order valence-corrected chi connectivity index (χ2v) is 6.55. The Bertz CT molecular complexity index is 620. The van der Waals surface area contributed by atoms with Crippen molar-refractivity contribution in [2.45, 2.75) is 25.0 Å². The fourth-order valence-corrected chi connectivity index (χ4v) is 3.75. The molecule has 0 saturated carbocycles. The lowest BCUT2D eigenvalue weighted by Crippen LogP contribution is -2.49. The van der Waals surface area contributed by atoms with Crippen LogP contribution in [0.3, 0.4) is 0 Å². The number of rotatable bonds is 2. The summed E-state index contributed by atoms with van der Waals surface area (Å²) in [5, 5.41) is 0. The summed E-state index contributed by atoms with van der Waals surface area (Å²) in [6.45, 7) is 2.93. The zero-order valence-electron chi connectivity index (χ0n) is 13.5. The molecule has 7 nitrogen and oxygen atoms in total. The molecule has 0 bridgehead atoms. The van der Waals surface area contributed by atoms with Crippen LogP contribution in [0.5, 0.6) is 0 Å². The van der Waals surface area contributed by atoms with Crippen molar-refractivity contribution in [3.8, 4) is 0 Å². The van der Waals surface area contributed by atoms with Gasteiger partial charge >= 0.3 is 0 Å². The molecule has 3 fully saturated rings. The maximum absolute atomic E-state index is 12.8. The molecule has 1 atom stereocenters. The molecule has 4 rings (SSSR count). The van der Waals surface area contributed by atoms with E-state index in [2.05, 4.69) is 4.98 Å². The fourth-order valence-electron chi connectivity index (χ4n) is 3.75. The first-order valence-electron chi connectivity index (χ1n) is 8.44. The third kappa shape index (κ3) is 2.78. The molecule has 3 aliphatic rings. The van der Waals surface area contributed by atoms with Crippen LogP contribution in [0.15, 0.2) is 24.5 Å². The Labute approximate surface area is 140 Å². The summed E-state index contributed by atoms with van der Waals surface area (Å²) in [7, 11) is 0. The van der Waals surface area contributed by atoms with Crippen molar-refractivity contribution >= 4 is 17.5 Å². The largest absolute Gasteiger partial charge is 0.347 e. The second kappa shape index (κ2) is 6.14. The molecule has 0 aliphatic carbocycles. The Hall–Kier alpha value is -1.99. The summed E-state index contributed by atoms with van der Waals surface area (Å²) in [5.41, 5.74) is 0.753. The van der Waals surface area contributed by atoms with Crippen LogP contribution in [0.25, 0.3) is 0 Å². The lowest BCUT2D eigenvalue weighted by Gasteiger charge is -2.38. The van der Waals surface area contributed by atoms with Gasteiger partial charge in [0.25, 0.3) is 0 Å². The average Bonchev–Trinajstić information content (AvgIpc) is 3.23. The first-order chi connectivity index (χ1) is 11.7. The minimum atomic E-state index is -0.482. The molecular formula is C17H21N3O4. The number of amides is 2. The molecule has 24 heavy (non-hydrogen) atoms. The van der Waals surface area contributed by atoms with E-state index < -0.39 is 5.79 Å². The lowest BCUT2D eigenvalue weighted by molar-refractivity contribution is -0.188. The second-order valence-electron chi connectivity index (χ2n) is 6.55. The highest BCUT2D eigenvalue weighted by Crippen LogP contribution is 2.33. The zero-order valence-corrected chi connectivity index (χ0v) is 13.5. The molecule has 0 aromatic carbocycles.